The molecule has 7 heteroatoms. The van der Waals surface area contributed by atoms with Crippen molar-refractivity contribution in [3.05, 3.63) is 46.2 Å². The first-order valence-corrected chi connectivity index (χ1v) is 5.40. The summed E-state index contributed by atoms with van der Waals surface area (Å²) in [7, 11) is 1.90. The van der Waals surface area contributed by atoms with E-state index in [2.05, 4.69) is 15.3 Å². The summed E-state index contributed by atoms with van der Waals surface area (Å²) in [5.41, 5.74) is 0.419. The largest absolute Gasteiger partial charge is 0.363 e. The van der Waals surface area contributed by atoms with Gasteiger partial charge in [-0.2, -0.15) is 0 Å². The van der Waals surface area contributed by atoms with E-state index in [9.17, 15) is 10.1 Å². The second kappa shape index (κ2) is 4.82. The zero-order valence-electron chi connectivity index (χ0n) is 10.1. The van der Waals surface area contributed by atoms with E-state index in [1.54, 1.807) is 19.2 Å². The fourth-order valence-corrected chi connectivity index (χ4v) is 1.58. The van der Waals surface area contributed by atoms with E-state index in [-0.39, 0.29) is 5.69 Å². The number of hydrogen-bond donors (Lipinski definition) is 1. The molecule has 2 aromatic heterocycles. The highest BCUT2D eigenvalue weighted by atomic mass is 16.6. The molecule has 0 saturated carbocycles. The molecule has 94 valence electrons. The molecule has 0 bridgehead atoms. The standard InChI is InChI=1S/C11H13N5O2/c1-8-9(16(17)18)3-4-10(14-8)13-7-11-12-5-6-15(11)2/h3-6H,7H2,1-2H3,(H,13,14). The van der Waals surface area contributed by atoms with Crippen molar-refractivity contribution in [1.29, 1.82) is 0 Å². The zero-order chi connectivity index (χ0) is 13.1. The van der Waals surface area contributed by atoms with E-state index in [4.69, 9.17) is 0 Å². The average molecular weight is 247 g/mol. The van der Waals surface area contributed by atoms with Gasteiger partial charge in [-0.3, -0.25) is 10.1 Å². The van der Waals surface area contributed by atoms with E-state index < -0.39 is 4.92 Å². The SMILES string of the molecule is Cc1nc(NCc2nccn2C)ccc1[N+](=O)[O-]. The third kappa shape index (κ3) is 2.45. The molecule has 0 spiro atoms. The van der Waals surface area contributed by atoms with Crippen molar-refractivity contribution in [2.75, 3.05) is 5.32 Å². The van der Waals surface area contributed by atoms with Crippen LogP contribution in [-0.2, 0) is 13.6 Å². The monoisotopic (exact) mass is 247 g/mol. The number of aryl methyl sites for hydroxylation is 2. The smallest absolute Gasteiger partial charge is 0.290 e. The molecule has 0 aliphatic heterocycles. The Bertz CT molecular complexity index is 579. The van der Waals surface area contributed by atoms with Gasteiger partial charge in [-0.05, 0) is 13.0 Å². The average Bonchev–Trinajstić information content (AvgIpc) is 2.72. The second-order valence-electron chi connectivity index (χ2n) is 3.87. The molecule has 0 fully saturated rings. The van der Waals surface area contributed by atoms with Crippen molar-refractivity contribution in [3.8, 4) is 0 Å². The van der Waals surface area contributed by atoms with Crippen molar-refractivity contribution < 1.29 is 4.92 Å². The number of nitrogens with one attached hydrogen (secondary N) is 1. The molecular weight excluding hydrogens is 234 g/mol. The van der Waals surface area contributed by atoms with Crippen LogP contribution < -0.4 is 5.32 Å². The maximum Gasteiger partial charge on any atom is 0.290 e. The third-order valence-electron chi connectivity index (χ3n) is 2.60. The molecule has 18 heavy (non-hydrogen) atoms. The maximum absolute atomic E-state index is 10.7. The van der Waals surface area contributed by atoms with Crippen LogP contribution in [0, 0.1) is 17.0 Å². The number of rotatable bonds is 4. The summed E-state index contributed by atoms with van der Waals surface area (Å²) in [4.78, 5) is 18.5. The van der Waals surface area contributed by atoms with Gasteiger partial charge in [0.2, 0.25) is 0 Å². The summed E-state index contributed by atoms with van der Waals surface area (Å²) < 4.78 is 1.89. The normalized spacial score (nSPS) is 10.3. The van der Waals surface area contributed by atoms with Crippen molar-refractivity contribution in [2.24, 2.45) is 7.05 Å². The van der Waals surface area contributed by atoms with Gasteiger partial charge in [-0.1, -0.05) is 0 Å². The van der Waals surface area contributed by atoms with Crippen LogP contribution in [-0.4, -0.2) is 19.5 Å². The van der Waals surface area contributed by atoms with Crippen LogP contribution in [0.5, 0.6) is 0 Å². The van der Waals surface area contributed by atoms with E-state index in [1.807, 2.05) is 17.8 Å². The van der Waals surface area contributed by atoms with Crippen molar-refractivity contribution in [1.82, 2.24) is 14.5 Å². The first-order valence-electron chi connectivity index (χ1n) is 5.40. The number of nitro groups is 1. The molecule has 0 saturated heterocycles. The van der Waals surface area contributed by atoms with Gasteiger partial charge < -0.3 is 9.88 Å². The molecule has 2 heterocycles. The van der Waals surface area contributed by atoms with Crippen LogP contribution in [0.4, 0.5) is 11.5 Å². The van der Waals surface area contributed by atoms with Gasteiger partial charge in [0.1, 0.15) is 17.3 Å². The lowest BCUT2D eigenvalue weighted by Gasteiger charge is -2.06. The fraction of sp³-hybridized carbons (Fsp3) is 0.273. The van der Waals surface area contributed by atoms with E-state index in [0.717, 1.165) is 5.82 Å². The van der Waals surface area contributed by atoms with Gasteiger partial charge in [0.25, 0.3) is 5.69 Å². The van der Waals surface area contributed by atoms with E-state index >= 15 is 0 Å². The molecular formula is C11H13N5O2. The zero-order valence-corrected chi connectivity index (χ0v) is 10.1. The van der Waals surface area contributed by atoms with E-state index in [0.29, 0.717) is 18.1 Å². The minimum absolute atomic E-state index is 0.0255. The predicted octanol–water partition coefficient (Wildman–Crippen LogP) is 1.64. The van der Waals surface area contributed by atoms with Gasteiger partial charge in [-0.25, -0.2) is 9.97 Å². The summed E-state index contributed by atoms with van der Waals surface area (Å²) in [6, 6.07) is 3.04. The fourth-order valence-electron chi connectivity index (χ4n) is 1.58. The maximum atomic E-state index is 10.7. The third-order valence-corrected chi connectivity index (χ3v) is 2.60. The lowest BCUT2D eigenvalue weighted by Crippen LogP contribution is -2.07. The van der Waals surface area contributed by atoms with Gasteiger partial charge in [0.05, 0.1) is 11.5 Å². The van der Waals surface area contributed by atoms with Crippen LogP contribution in [0.1, 0.15) is 11.5 Å². The van der Waals surface area contributed by atoms with Crippen molar-refractivity contribution >= 4 is 11.5 Å². The Morgan fingerprint density at radius 3 is 2.83 bits per heavy atom. The minimum atomic E-state index is -0.440. The van der Waals surface area contributed by atoms with Crippen LogP contribution in [0.25, 0.3) is 0 Å². The summed E-state index contributed by atoms with van der Waals surface area (Å²) in [5.74, 6) is 1.47. The van der Waals surface area contributed by atoms with Crippen molar-refractivity contribution in [3.63, 3.8) is 0 Å². The van der Waals surface area contributed by atoms with Gasteiger partial charge >= 0.3 is 0 Å². The molecule has 0 aliphatic carbocycles. The summed E-state index contributed by atoms with van der Waals surface area (Å²) >= 11 is 0. The first kappa shape index (κ1) is 12.0. The Morgan fingerprint density at radius 1 is 1.50 bits per heavy atom. The molecule has 0 unspecified atom stereocenters. The molecule has 0 radical (unpaired) electrons. The highest BCUT2D eigenvalue weighted by molar-refractivity contribution is 5.44. The Hall–Kier alpha value is -2.44. The summed E-state index contributed by atoms with van der Waals surface area (Å²) in [6.45, 7) is 2.14. The minimum Gasteiger partial charge on any atom is -0.363 e. The molecule has 0 aliphatic rings. The molecule has 0 aromatic carbocycles. The Morgan fingerprint density at radius 2 is 2.28 bits per heavy atom. The molecule has 2 aromatic rings. The number of hydrogen-bond acceptors (Lipinski definition) is 5. The molecule has 0 atom stereocenters. The molecule has 2 rings (SSSR count). The van der Waals surface area contributed by atoms with Crippen molar-refractivity contribution in [2.45, 2.75) is 13.5 Å². The van der Waals surface area contributed by atoms with Crippen LogP contribution in [0.15, 0.2) is 24.5 Å². The lowest BCUT2D eigenvalue weighted by atomic mass is 10.3. The quantitative estimate of drug-likeness (QED) is 0.655. The molecule has 1 N–H and O–H groups in total. The van der Waals surface area contributed by atoms with Crippen LogP contribution in [0.3, 0.4) is 0 Å². The first-order chi connectivity index (χ1) is 8.58. The number of imidazole rings is 1. The molecule has 0 amide bonds. The van der Waals surface area contributed by atoms with Gasteiger partial charge in [0.15, 0.2) is 0 Å². The Labute approximate surface area is 104 Å². The summed E-state index contributed by atoms with van der Waals surface area (Å²) in [5, 5.41) is 13.7. The number of aromatic nitrogens is 3. The number of anilines is 1. The van der Waals surface area contributed by atoms with Crippen LogP contribution >= 0.6 is 0 Å². The summed E-state index contributed by atoms with van der Waals surface area (Å²) in [6.07, 6.45) is 3.57. The highest BCUT2D eigenvalue weighted by Gasteiger charge is 2.11. The number of pyridine rings is 1. The van der Waals surface area contributed by atoms with Gasteiger partial charge in [0, 0.05) is 25.5 Å². The number of nitrogens with zero attached hydrogens (tertiary/aromatic N) is 4. The van der Waals surface area contributed by atoms with Crippen LogP contribution in [0.2, 0.25) is 0 Å². The lowest BCUT2D eigenvalue weighted by molar-refractivity contribution is -0.385. The Kier molecular flexibility index (Phi) is 3.22. The van der Waals surface area contributed by atoms with E-state index in [1.165, 1.54) is 6.07 Å². The van der Waals surface area contributed by atoms with Gasteiger partial charge in [-0.15, -0.1) is 0 Å². The second-order valence-corrected chi connectivity index (χ2v) is 3.87. The topological polar surface area (TPSA) is 85.9 Å². The Balaban J connectivity index is 2.09. The highest BCUT2D eigenvalue weighted by Crippen LogP contribution is 2.17. The predicted molar refractivity (Wildman–Crippen MR) is 66.2 cm³/mol. The molecule has 7 nitrogen and oxygen atoms in total.